The number of carbonyl (C=O) groups excluding carboxylic acids is 1. The Morgan fingerprint density at radius 3 is 2.39 bits per heavy atom. The predicted molar refractivity (Wildman–Crippen MR) is 89.2 cm³/mol. The van der Waals surface area contributed by atoms with Crippen molar-refractivity contribution in [3.05, 3.63) is 23.3 Å². The standard InChI is InChI=1S/C18H27NO4/c1-12-10-14(16(22-5)15(20)11-12)13-6-8-19(9-7-13)17(21)23-18(2,3)4/h10-11,13,20H,6-9H2,1-5H3. The van der Waals surface area contributed by atoms with Gasteiger partial charge >= 0.3 is 6.09 Å². The average Bonchev–Trinajstić information content (AvgIpc) is 2.45. The molecule has 1 aromatic carbocycles. The van der Waals surface area contributed by atoms with E-state index in [4.69, 9.17) is 9.47 Å². The Hall–Kier alpha value is -1.91. The number of amides is 1. The highest BCUT2D eigenvalue weighted by Crippen LogP contribution is 2.40. The van der Waals surface area contributed by atoms with Gasteiger partial charge in [-0.15, -0.1) is 0 Å². The smallest absolute Gasteiger partial charge is 0.410 e. The lowest BCUT2D eigenvalue weighted by atomic mass is 9.88. The number of phenols is 1. The van der Waals surface area contributed by atoms with Gasteiger partial charge < -0.3 is 19.5 Å². The van der Waals surface area contributed by atoms with E-state index in [9.17, 15) is 9.90 Å². The minimum atomic E-state index is -0.473. The van der Waals surface area contributed by atoms with Gasteiger partial charge in [-0.3, -0.25) is 0 Å². The van der Waals surface area contributed by atoms with Crippen molar-refractivity contribution in [1.82, 2.24) is 4.90 Å². The largest absolute Gasteiger partial charge is 0.504 e. The number of rotatable bonds is 2. The van der Waals surface area contributed by atoms with Gasteiger partial charge in [-0.2, -0.15) is 0 Å². The van der Waals surface area contributed by atoms with Crippen molar-refractivity contribution in [3.63, 3.8) is 0 Å². The third-order valence-electron chi connectivity index (χ3n) is 4.03. The fourth-order valence-corrected chi connectivity index (χ4v) is 3.01. The van der Waals surface area contributed by atoms with E-state index in [1.54, 1.807) is 18.1 Å². The Labute approximate surface area is 138 Å². The molecule has 1 aliphatic heterocycles. The normalized spacial score (nSPS) is 16.3. The summed E-state index contributed by atoms with van der Waals surface area (Å²) in [6.07, 6.45) is 1.41. The minimum Gasteiger partial charge on any atom is -0.504 e. The van der Waals surface area contributed by atoms with E-state index in [2.05, 4.69) is 6.07 Å². The molecule has 0 aliphatic carbocycles. The Bertz CT molecular complexity index is 569. The molecule has 1 aliphatic rings. The van der Waals surface area contributed by atoms with Gasteiger partial charge in [0.1, 0.15) is 5.60 Å². The number of likely N-dealkylation sites (tertiary alicyclic amines) is 1. The maximum absolute atomic E-state index is 12.1. The number of ether oxygens (including phenoxy) is 2. The lowest BCUT2D eigenvalue weighted by molar-refractivity contribution is 0.0204. The van der Waals surface area contributed by atoms with Crippen LogP contribution in [0.2, 0.25) is 0 Å². The van der Waals surface area contributed by atoms with Crippen molar-refractivity contribution in [2.24, 2.45) is 0 Å². The lowest BCUT2D eigenvalue weighted by Gasteiger charge is -2.34. The molecular weight excluding hydrogens is 294 g/mol. The molecule has 1 saturated heterocycles. The van der Waals surface area contributed by atoms with E-state index in [1.165, 1.54) is 0 Å². The second-order valence-corrected chi connectivity index (χ2v) is 7.15. The second-order valence-electron chi connectivity index (χ2n) is 7.15. The monoisotopic (exact) mass is 321 g/mol. The van der Waals surface area contributed by atoms with Gasteiger partial charge in [0.25, 0.3) is 0 Å². The molecule has 0 aromatic heterocycles. The maximum atomic E-state index is 12.1. The summed E-state index contributed by atoms with van der Waals surface area (Å²) in [5, 5.41) is 10.1. The number of nitrogens with zero attached hydrogens (tertiary/aromatic N) is 1. The molecule has 1 fully saturated rings. The third-order valence-corrected chi connectivity index (χ3v) is 4.03. The van der Waals surface area contributed by atoms with Crippen LogP contribution in [0, 0.1) is 6.92 Å². The summed E-state index contributed by atoms with van der Waals surface area (Å²) < 4.78 is 10.8. The van der Waals surface area contributed by atoms with Crippen molar-refractivity contribution in [2.75, 3.05) is 20.2 Å². The average molecular weight is 321 g/mol. The van der Waals surface area contributed by atoms with Crippen LogP contribution in [0.15, 0.2) is 12.1 Å². The molecule has 2 rings (SSSR count). The van der Waals surface area contributed by atoms with Crippen LogP contribution in [0.1, 0.15) is 50.7 Å². The van der Waals surface area contributed by atoms with Crippen molar-refractivity contribution in [1.29, 1.82) is 0 Å². The first-order valence-corrected chi connectivity index (χ1v) is 8.06. The first-order valence-electron chi connectivity index (χ1n) is 8.06. The van der Waals surface area contributed by atoms with E-state index in [1.807, 2.05) is 27.7 Å². The molecular formula is C18H27NO4. The quantitative estimate of drug-likeness (QED) is 0.899. The molecule has 1 N–H and O–H groups in total. The van der Waals surface area contributed by atoms with Gasteiger partial charge in [-0.25, -0.2) is 4.79 Å². The molecule has 0 unspecified atom stereocenters. The van der Waals surface area contributed by atoms with Crippen molar-refractivity contribution in [2.45, 2.75) is 52.1 Å². The first kappa shape index (κ1) is 17.4. The molecule has 0 saturated carbocycles. The van der Waals surface area contributed by atoms with E-state index in [0.717, 1.165) is 24.0 Å². The van der Waals surface area contributed by atoms with E-state index in [0.29, 0.717) is 18.8 Å². The zero-order chi connectivity index (χ0) is 17.2. The summed E-state index contributed by atoms with van der Waals surface area (Å²) in [6, 6.07) is 3.77. The Kier molecular flexibility index (Phi) is 5.07. The minimum absolute atomic E-state index is 0.178. The molecule has 0 atom stereocenters. The third kappa shape index (κ3) is 4.30. The van der Waals surface area contributed by atoms with Crippen LogP contribution in [-0.2, 0) is 4.74 Å². The number of benzene rings is 1. The molecule has 0 bridgehead atoms. The molecule has 1 amide bonds. The lowest BCUT2D eigenvalue weighted by Crippen LogP contribution is -2.41. The number of piperidine rings is 1. The fraction of sp³-hybridized carbons (Fsp3) is 0.611. The van der Waals surface area contributed by atoms with Crippen LogP contribution in [-0.4, -0.2) is 41.9 Å². The van der Waals surface area contributed by atoms with Gasteiger partial charge in [0.2, 0.25) is 0 Å². The fourth-order valence-electron chi connectivity index (χ4n) is 3.01. The summed E-state index contributed by atoms with van der Waals surface area (Å²) in [7, 11) is 1.57. The SMILES string of the molecule is COc1c(O)cc(C)cc1C1CCN(C(=O)OC(C)(C)C)CC1. The van der Waals surface area contributed by atoms with Gasteiger partial charge in [0.15, 0.2) is 11.5 Å². The van der Waals surface area contributed by atoms with Crippen LogP contribution in [0.25, 0.3) is 0 Å². The van der Waals surface area contributed by atoms with E-state index in [-0.39, 0.29) is 17.8 Å². The van der Waals surface area contributed by atoms with Gasteiger partial charge in [-0.1, -0.05) is 6.07 Å². The number of hydrogen-bond donors (Lipinski definition) is 1. The Morgan fingerprint density at radius 1 is 1.26 bits per heavy atom. The van der Waals surface area contributed by atoms with Crippen LogP contribution in [0.4, 0.5) is 4.79 Å². The van der Waals surface area contributed by atoms with Crippen molar-refractivity contribution < 1.29 is 19.4 Å². The molecule has 128 valence electrons. The summed E-state index contributed by atoms with van der Waals surface area (Å²) in [6.45, 7) is 8.88. The molecule has 0 radical (unpaired) electrons. The van der Waals surface area contributed by atoms with Crippen molar-refractivity contribution >= 4 is 6.09 Å². The van der Waals surface area contributed by atoms with Crippen LogP contribution >= 0.6 is 0 Å². The van der Waals surface area contributed by atoms with Gasteiger partial charge in [0.05, 0.1) is 7.11 Å². The number of aromatic hydroxyl groups is 1. The van der Waals surface area contributed by atoms with Crippen molar-refractivity contribution in [3.8, 4) is 11.5 Å². The van der Waals surface area contributed by atoms with E-state index >= 15 is 0 Å². The summed E-state index contributed by atoms with van der Waals surface area (Å²) in [5.41, 5.74) is 1.56. The number of methoxy groups -OCH3 is 1. The van der Waals surface area contributed by atoms with Gasteiger partial charge in [-0.05, 0) is 58.1 Å². The molecule has 5 nitrogen and oxygen atoms in total. The zero-order valence-electron chi connectivity index (χ0n) is 14.7. The molecule has 0 spiro atoms. The van der Waals surface area contributed by atoms with Gasteiger partial charge in [0, 0.05) is 18.7 Å². The zero-order valence-corrected chi connectivity index (χ0v) is 14.7. The van der Waals surface area contributed by atoms with E-state index < -0.39 is 5.60 Å². The Balaban J connectivity index is 2.06. The topological polar surface area (TPSA) is 59.0 Å². The van der Waals surface area contributed by atoms with Crippen LogP contribution in [0.3, 0.4) is 0 Å². The maximum Gasteiger partial charge on any atom is 0.410 e. The first-order chi connectivity index (χ1) is 10.7. The highest BCUT2D eigenvalue weighted by atomic mass is 16.6. The number of carbonyl (C=O) groups is 1. The number of aryl methyl sites for hydroxylation is 1. The molecule has 1 aromatic rings. The molecule has 5 heteroatoms. The Morgan fingerprint density at radius 2 is 1.87 bits per heavy atom. The number of phenolic OH excluding ortho intramolecular Hbond substituents is 1. The molecule has 23 heavy (non-hydrogen) atoms. The highest BCUT2D eigenvalue weighted by molar-refractivity contribution is 5.68. The predicted octanol–water partition coefficient (Wildman–Crippen LogP) is 3.82. The molecule has 1 heterocycles. The summed E-state index contributed by atoms with van der Waals surface area (Å²) in [5.74, 6) is 0.998. The summed E-state index contributed by atoms with van der Waals surface area (Å²) >= 11 is 0. The van der Waals surface area contributed by atoms with Crippen LogP contribution in [0.5, 0.6) is 11.5 Å². The second kappa shape index (κ2) is 6.69. The summed E-state index contributed by atoms with van der Waals surface area (Å²) in [4.78, 5) is 13.9. The highest BCUT2D eigenvalue weighted by Gasteiger charge is 2.29. The number of hydrogen-bond acceptors (Lipinski definition) is 4. The van der Waals surface area contributed by atoms with Crippen LogP contribution < -0.4 is 4.74 Å².